The van der Waals surface area contributed by atoms with Crippen molar-refractivity contribution in [3.63, 3.8) is 0 Å². The van der Waals surface area contributed by atoms with Crippen molar-refractivity contribution in [2.24, 2.45) is 0 Å². The molecule has 9 aromatic carbocycles. The van der Waals surface area contributed by atoms with E-state index in [1.807, 2.05) is 19.1 Å². The van der Waals surface area contributed by atoms with Crippen molar-refractivity contribution in [2.45, 2.75) is 70.1 Å². The van der Waals surface area contributed by atoms with Gasteiger partial charge in [-0.05, 0) is 138 Å². The second kappa shape index (κ2) is 16.1. The van der Waals surface area contributed by atoms with E-state index in [4.69, 9.17) is 8.83 Å². The third kappa shape index (κ3) is 6.26. The van der Waals surface area contributed by atoms with E-state index in [-0.39, 0.29) is 0 Å². The number of hydrogen-bond acceptors (Lipinski definition) is 4. The Morgan fingerprint density at radius 1 is 0.463 bits per heavy atom. The molecule has 2 saturated carbocycles. The molecule has 0 saturated heterocycles. The molecule has 0 N–H and O–H groups in total. The Balaban J connectivity index is 1.16. The van der Waals surface area contributed by atoms with Gasteiger partial charge in [-0.25, -0.2) is 0 Å². The van der Waals surface area contributed by atoms with Crippen LogP contribution in [0.3, 0.4) is 0 Å². The maximum absolute atomic E-state index is 6.88. The SMILES string of the molecule is C=Cc1c(/C=C\C)oc2c(N(c3ccccc3)c3cc(C4CCCC4)c4ccc5c(N(c6ccccc6)c6cccc7c6oc6ccccc67)cc(C6CCCC6)c6ccc3c4c65)cccc12. The number of hydrogen-bond donors (Lipinski definition) is 0. The minimum Gasteiger partial charge on any atom is -0.454 e. The van der Waals surface area contributed by atoms with Gasteiger partial charge < -0.3 is 18.6 Å². The van der Waals surface area contributed by atoms with Gasteiger partial charge in [0.2, 0.25) is 0 Å². The number of furan rings is 2. The quantitative estimate of drug-likeness (QED) is 0.128. The van der Waals surface area contributed by atoms with E-state index in [0.717, 1.165) is 67.0 Å². The number of benzene rings is 9. The highest BCUT2D eigenvalue weighted by atomic mass is 16.3. The summed E-state index contributed by atoms with van der Waals surface area (Å²) in [4.78, 5) is 4.96. The zero-order valence-corrected chi connectivity index (χ0v) is 38.0. The van der Waals surface area contributed by atoms with Crippen LogP contribution in [0, 0.1) is 0 Å². The fourth-order valence-corrected chi connectivity index (χ4v) is 12.2. The standard InChI is InChI=1S/C63H52N2O2/c1-3-19-58-44(4-2)48-29-17-31-54(62(48)66-58)64(42-24-7-5-8-25-42)56-38-52(40-20-11-12-21-40)46-35-37-51-57(39-53(41-22-13-14-23-41)47-34-36-50(56)60(46)61(47)51)65(43-26-9-6-10-27-43)55-32-18-30-49-45-28-15-16-33-59(45)67-63(49)55/h3-10,15-19,24-41H,2,11-14,20-23H2,1H3/b19-3-. The van der Waals surface area contributed by atoms with Gasteiger partial charge in [-0.3, -0.25) is 0 Å². The Bertz CT molecular complexity index is 3700. The molecular formula is C63H52N2O2. The molecule has 0 radical (unpaired) electrons. The molecule has 67 heavy (non-hydrogen) atoms. The first kappa shape index (κ1) is 39.8. The lowest BCUT2D eigenvalue weighted by Crippen LogP contribution is -2.13. The number of allylic oxidation sites excluding steroid dienone is 1. The summed E-state index contributed by atoms with van der Waals surface area (Å²) in [5.74, 6) is 1.76. The summed E-state index contributed by atoms with van der Waals surface area (Å²) in [5, 5.41) is 11.2. The first-order valence-corrected chi connectivity index (χ1v) is 24.4. The lowest BCUT2D eigenvalue weighted by molar-refractivity contribution is 0.603. The van der Waals surface area contributed by atoms with E-state index in [0.29, 0.717) is 11.8 Å². The highest BCUT2D eigenvalue weighted by Crippen LogP contribution is 2.54. The van der Waals surface area contributed by atoms with E-state index >= 15 is 0 Å². The van der Waals surface area contributed by atoms with Crippen LogP contribution in [0.25, 0.3) is 77.4 Å². The van der Waals surface area contributed by atoms with E-state index in [9.17, 15) is 0 Å². The van der Waals surface area contributed by atoms with Crippen molar-refractivity contribution in [1.29, 1.82) is 0 Å². The number of fused-ring (bicyclic) bond motifs is 4. The van der Waals surface area contributed by atoms with Crippen molar-refractivity contribution in [3.8, 4) is 0 Å². The maximum Gasteiger partial charge on any atom is 0.159 e. The van der Waals surface area contributed by atoms with E-state index < -0.39 is 0 Å². The Labute approximate surface area is 391 Å². The van der Waals surface area contributed by atoms with Crippen LogP contribution < -0.4 is 9.80 Å². The molecule has 2 heterocycles. The summed E-state index contributed by atoms with van der Waals surface area (Å²) in [5.41, 5.74) is 13.2. The molecule has 0 atom stereocenters. The molecule has 0 spiro atoms. The molecule has 4 nitrogen and oxygen atoms in total. The highest BCUT2D eigenvalue weighted by molar-refractivity contribution is 6.30. The number of para-hydroxylation sites is 5. The molecule has 0 bridgehead atoms. The van der Waals surface area contributed by atoms with Gasteiger partial charge >= 0.3 is 0 Å². The van der Waals surface area contributed by atoms with Crippen LogP contribution in [0.5, 0.6) is 0 Å². The van der Waals surface area contributed by atoms with Gasteiger partial charge in [0.15, 0.2) is 11.2 Å². The summed E-state index contributed by atoms with van der Waals surface area (Å²) >= 11 is 0. The second-order valence-electron chi connectivity index (χ2n) is 18.8. The van der Waals surface area contributed by atoms with Gasteiger partial charge in [0.1, 0.15) is 11.3 Å². The topological polar surface area (TPSA) is 32.8 Å². The fraction of sp³-hybridized carbons (Fsp3) is 0.175. The summed E-state index contributed by atoms with van der Waals surface area (Å²) in [6.45, 7) is 6.27. The van der Waals surface area contributed by atoms with E-state index in [1.54, 1.807) is 0 Å². The molecule has 13 rings (SSSR count). The van der Waals surface area contributed by atoms with Crippen molar-refractivity contribution in [2.75, 3.05) is 9.80 Å². The Morgan fingerprint density at radius 2 is 0.940 bits per heavy atom. The predicted molar refractivity (Wildman–Crippen MR) is 284 cm³/mol. The number of rotatable bonds is 10. The minimum atomic E-state index is 0.467. The van der Waals surface area contributed by atoms with E-state index in [1.165, 1.54) is 106 Å². The number of nitrogens with zero attached hydrogens (tertiary/aromatic N) is 2. The molecule has 326 valence electrons. The van der Waals surface area contributed by atoms with Gasteiger partial charge in [-0.15, -0.1) is 0 Å². The monoisotopic (exact) mass is 868 g/mol. The smallest absolute Gasteiger partial charge is 0.159 e. The molecule has 0 unspecified atom stereocenters. The summed E-state index contributed by atoms with van der Waals surface area (Å²) < 4.78 is 13.7. The average Bonchev–Trinajstić information content (AvgIpc) is 4.23. The Kier molecular flexibility index (Phi) is 9.56. The van der Waals surface area contributed by atoms with Crippen molar-refractivity contribution < 1.29 is 8.83 Å². The molecule has 2 aromatic heterocycles. The van der Waals surface area contributed by atoms with Crippen molar-refractivity contribution in [1.82, 2.24) is 0 Å². The lowest BCUT2D eigenvalue weighted by atomic mass is 9.82. The second-order valence-corrected chi connectivity index (χ2v) is 18.8. The molecule has 0 aliphatic heterocycles. The van der Waals surface area contributed by atoms with Gasteiger partial charge in [-0.1, -0.05) is 148 Å². The third-order valence-electron chi connectivity index (χ3n) is 15.2. The maximum atomic E-state index is 6.88. The Hall–Kier alpha value is -7.56. The molecule has 2 aliphatic rings. The van der Waals surface area contributed by atoms with Crippen LogP contribution in [0.4, 0.5) is 34.1 Å². The largest absolute Gasteiger partial charge is 0.454 e. The zero-order chi connectivity index (χ0) is 44.6. The normalized spacial score (nSPS) is 14.9. The third-order valence-corrected chi connectivity index (χ3v) is 15.2. The van der Waals surface area contributed by atoms with Crippen LogP contribution in [0.1, 0.15) is 92.6 Å². The summed E-state index contributed by atoms with van der Waals surface area (Å²) in [7, 11) is 0. The summed E-state index contributed by atoms with van der Waals surface area (Å²) in [6, 6.07) is 58.4. The lowest BCUT2D eigenvalue weighted by Gasteiger charge is -2.32. The minimum absolute atomic E-state index is 0.467. The van der Waals surface area contributed by atoms with E-state index in [2.05, 4.69) is 180 Å². The van der Waals surface area contributed by atoms with Crippen LogP contribution in [-0.4, -0.2) is 0 Å². The molecular weight excluding hydrogens is 817 g/mol. The first-order valence-electron chi connectivity index (χ1n) is 24.4. The molecule has 11 aromatic rings. The molecule has 2 aliphatic carbocycles. The predicted octanol–water partition coefficient (Wildman–Crippen LogP) is 19.2. The Morgan fingerprint density at radius 3 is 1.48 bits per heavy atom. The number of anilines is 6. The molecule has 4 heteroatoms. The molecule has 2 fully saturated rings. The summed E-state index contributed by atoms with van der Waals surface area (Å²) in [6.07, 6.45) is 15.8. The van der Waals surface area contributed by atoms with Crippen LogP contribution in [0.15, 0.2) is 179 Å². The van der Waals surface area contributed by atoms with Crippen molar-refractivity contribution in [3.05, 3.63) is 193 Å². The van der Waals surface area contributed by atoms with Gasteiger partial charge in [0, 0.05) is 43.9 Å². The van der Waals surface area contributed by atoms with Crippen LogP contribution in [-0.2, 0) is 0 Å². The van der Waals surface area contributed by atoms with Crippen LogP contribution >= 0.6 is 0 Å². The highest BCUT2D eigenvalue weighted by Gasteiger charge is 2.31. The average molecular weight is 869 g/mol. The molecule has 0 amide bonds. The zero-order valence-electron chi connectivity index (χ0n) is 38.0. The van der Waals surface area contributed by atoms with Crippen molar-refractivity contribution >= 4 is 112 Å². The first-order chi connectivity index (χ1) is 33.2. The fourth-order valence-electron chi connectivity index (χ4n) is 12.2. The van der Waals surface area contributed by atoms with Gasteiger partial charge in [0.05, 0.1) is 22.7 Å². The van der Waals surface area contributed by atoms with Gasteiger partial charge in [0.25, 0.3) is 0 Å². The van der Waals surface area contributed by atoms with Gasteiger partial charge in [-0.2, -0.15) is 0 Å². The van der Waals surface area contributed by atoms with Crippen LogP contribution in [0.2, 0.25) is 0 Å².